The summed E-state index contributed by atoms with van der Waals surface area (Å²) in [7, 11) is 7.24. The average molecular weight is 1300 g/mol. The molecule has 0 aliphatic carbocycles. The van der Waals surface area contributed by atoms with E-state index in [4.69, 9.17) is 29.8 Å². The number of aromatic nitrogens is 6. The molecule has 95 heavy (non-hydrogen) atoms. The molecule has 24 heteroatoms. The van der Waals surface area contributed by atoms with E-state index in [2.05, 4.69) is 35.3 Å². The number of benzene rings is 6. The Morgan fingerprint density at radius 3 is 1.33 bits per heavy atom. The third-order valence-electron chi connectivity index (χ3n) is 14.7. The number of aryl methyl sites for hydroxylation is 3. The second-order valence-electron chi connectivity index (χ2n) is 21.7. The maximum atomic E-state index is 13.3. The number of methoxy groups -OCH3 is 5. The van der Waals surface area contributed by atoms with Gasteiger partial charge in [-0.1, -0.05) is 60.7 Å². The van der Waals surface area contributed by atoms with Gasteiger partial charge in [-0.25, -0.2) is 47.5 Å². The van der Waals surface area contributed by atoms with E-state index in [-0.39, 0.29) is 17.5 Å². The van der Waals surface area contributed by atoms with Crippen LogP contribution >= 0.6 is 0 Å². The fourth-order valence-corrected chi connectivity index (χ4v) is 9.46. The van der Waals surface area contributed by atoms with E-state index < -0.39 is 46.2 Å². The van der Waals surface area contributed by atoms with E-state index >= 15 is 0 Å². The minimum Gasteiger partial charge on any atom is -0.495 e. The minimum absolute atomic E-state index is 0.253. The molecule has 0 saturated carbocycles. The summed E-state index contributed by atoms with van der Waals surface area (Å²) in [5, 5.41) is 14.0. The van der Waals surface area contributed by atoms with Crippen LogP contribution in [-0.4, -0.2) is 105 Å². The molecule has 0 saturated heterocycles. The Bertz CT molecular complexity index is 4330. The Morgan fingerprint density at radius 1 is 0.558 bits per heavy atom. The molecule has 0 spiro atoms. The molecule has 3 aromatic heterocycles. The van der Waals surface area contributed by atoms with Crippen molar-refractivity contribution in [2.45, 2.75) is 58.2 Å². The molecule has 21 nitrogen and oxygen atoms in total. The molecule has 5 N–H and O–H groups in total. The van der Waals surface area contributed by atoms with Crippen molar-refractivity contribution >= 4 is 53.8 Å². The van der Waals surface area contributed by atoms with Crippen LogP contribution in [0.5, 0.6) is 17.2 Å². The highest BCUT2D eigenvalue weighted by molar-refractivity contribution is 6.14. The lowest BCUT2D eigenvalue weighted by atomic mass is 9.91. The normalized spacial score (nSPS) is 14.5. The summed E-state index contributed by atoms with van der Waals surface area (Å²) in [6, 6.07) is 33.3. The first kappa shape index (κ1) is 70.8. The zero-order valence-electron chi connectivity index (χ0n) is 53.9. The van der Waals surface area contributed by atoms with Crippen LogP contribution in [0.25, 0.3) is 35.3 Å². The Hall–Kier alpha value is -11.7. The predicted molar refractivity (Wildman–Crippen MR) is 352 cm³/mol. The number of esters is 2. The van der Waals surface area contributed by atoms with Crippen LogP contribution in [0.4, 0.5) is 13.2 Å². The summed E-state index contributed by atoms with van der Waals surface area (Å²) in [5.41, 5.74) is 11.1. The van der Waals surface area contributed by atoms with Crippen molar-refractivity contribution in [2.24, 2.45) is 10.7 Å². The molecule has 0 bridgehead atoms. The summed E-state index contributed by atoms with van der Waals surface area (Å²) < 4.78 is 70.4. The number of ether oxygens (including phenoxy) is 5. The van der Waals surface area contributed by atoms with Crippen molar-refractivity contribution in [1.82, 2.24) is 39.3 Å². The van der Waals surface area contributed by atoms with Crippen LogP contribution in [-0.2, 0) is 50.1 Å². The SMILES string of the molecule is COC(=O)C(C)(N)c1ccc(F)cc1.COC(=O)C(C)(NC(=O)/C=C/c1ccc(-n2cnc(C)c2)c(OC)c1)c1ccc(F)cc1.COc1cc(/C=C/C(=O)O)ccc1-n1cnc(C)c1.COc1cc(/C=C/C2=NC(C)(c3ccc(F)cc3)C(=O)N2)ccc1-n1cnc(C)c1. The van der Waals surface area contributed by atoms with Gasteiger partial charge in [0.2, 0.25) is 5.91 Å². The highest BCUT2D eigenvalue weighted by Crippen LogP contribution is 2.32. The first-order valence-electron chi connectivity index (χ1n) is 29.1. The molecule has 1 aliphatic rings. The lowest BCUT2D eigenvalue weighted by Gasteiger charge is -2.28. The largest absolute Gasteiger partial charge is 0.495 e. The monoisotopic (exact) mass is 1300 g/mol. The number of carboxylic acids is 1. The predicted octanol–water partition coefficient (Wildman–Crippen LogP) is 10.8. The maximum Gasteiger partial charge on any atom is 0.336 e. The van der Waals surface area contributed by atoms with Gasteiger partial charge in [-0.15, -0.1) is 0 Å². The highest BCUT2D eigenvalue weighted by atomic mass is 19.1. The van der Waals surface area contributed by atoms with Crippen molar-refractivity contribution in [2.75, 3.05) is 35.5 Å². The highest BCUT2D eigenvalue weighted by Gasteiger charge is 2.40. The van der Waals surface area contributed by atoms with Gasteiger partial charge >= 0.3 is 17.9 Å². The molecule has 492 valence electrons. The zero-order chi connectivity index (χ0) is 69.2. The number of aliphatic carboxylic acids is 1. The van der Waals surface area contributed by atoms with Gasteiger partial charge in [-0.2, -0.15) is 0 Å². The van der Waals surface area contributed by atoms with Crippen LogP contribution in [0.15, 0.2) is 188 Å². The summed E-state index contributed by atoms with van der Waals surface area (Å²) in [6.07, 6.45) is 19.9. The minimum atomic E-state index is -1.48. The van der Waals surface area contributed by atoms with Crippen LogP contribution in [0.2, 0.25) is 0 Å². The Labute approximate surface area is 546 Å². The van der Waals surface area contributed by atoms with Gasteiger partial charge in [0.1, 0.15) is 46.1 Å². The van der Waals surface area contributed by atoms with Crippen molar-refractivity contribution in [3.8, 4) is 34.3 Å². The van der Waals surface area contributed by atoms with Crippen molar-refractivity contribution < 1.29 is 65.9 Å². The smallest absolute Gasteiger partial charge is 0.336 e. The number of amidine groups is 1. The van der Waals surface area contributed by atoms with Crippen LogP contribution in [0, 0.1) is 38.2 Å². The average Bonchev–Trinajstić information content (AvgIpc) is 1.70. The number of carboxylic acid groups (broad SMARTS) is 1. The lowest BCUT2D eigenvalue weighted by Crippen LogP contribution is -2.49. The van der Waals surface area contributed by atoms with E-state index in [1.807, 2.05) is 102 Å². The number of carbonyl (C=O) groups is 5. The van der Waals surface area contributed by atoms with Gasteiger partial charge < -0.3 is 58.9 Å². The molecule has 3 unspecified atom stereocenters. The second kappa shape index (κ2) is 31.6. The zero-order valence-corrected chi connectivity index (χ0v) is 53.9. The van der Waals surface area contributed by atoms with E-state index in [1.54, 1.807) is 83.7 Å². The van der Waals surface area contributed by atoms with Gasteiger partial charge in [0, 0.05) is 30.7 Å². The summed E-state index contributed by atoms with van der Waals surface area (Å²) in [4.78, 5) is 76.5. The fourth-order valence-electron chi connectivity index (χ4n) is 9.46. The van der Waals surface area contributed by atoms with E-state index in [0.29, 0.717) is 39.8 Å². The number of nitrogens with one attached hydrogen (secondary N) is 2. The Morgan fingerprint density at radius 2 is 0.947 bits per heavy atom. The molecule has 3 atom stereocenters. The molecule has 0 radical (unpaired) electrons. The van der Waals surface area contributed by atoms with Crippen LogP contribution < -0.4 is 30.6 Å². The quantitative estimate of drug-likeness (QED) is 0.0459. The molecule has 2 amide bonds. The summed E-state index contributed by atoms with van der Waals surface area (Å²) in [5.74, 6) is -1.74. The number of rotatable bonds is 18. The Balaban J connectivity index is 0.000000187. The summed E-state index contributed by atoms with van der Waals surface area (Å²) >= 11 is 0. The van der Waals surface area contributed by atoms with E-state index in [1.165, 1.54) is 101 Å². The number of halogens is 3. The molecule has 1 aliphatic heterocycles. The van der Waals surface area contributed by atoms with E-state index in [0.717, 1.165) is 56.9 Å². The van der Waals surface area contributed by atoms with Gasteiger partial charge in [0.05, 0.1) is 88.7 Å². The van der Waals surface area contributed by atoms with Gasteiger partial charge in [-0.05, 0) is 166 Å². The van der Waals surface area contributed by atoms with Crippen molar-refractivity contribution in [3.63, 3.8) is 0 Å². The number of hydrogen-bond acceptors (Lipinski definition) is 15. The number of amides is 2. The third-order valence-corrected chi connectivity index (χ3v) is 14.7. The molecular weight excluding hydrogens is 1230 g/mol. The molecule has 0 fully saturated rings. The van der Waals surface area contributed by atoms with Crippen molar-refractivity contribution in [1.29, 1.82) is 0 Å². The first-order chi connectivity index (χ1) is 45.2. The van der Waals surface area contributed by atoms with Crippen molar-refractivity contribution in [3.05, 3.63) is 251 Å². The number of hydrogen-bond donors (Lipinski definition) is 4. The third kappa shape index (κ3) is 18.1. The molecule has 9 aromatic rings. The van der Waals surface area contributed by atoms with Gasteiger partial charge in [-0.3, -0.25) is 9.59 Å². The standard InChI is InChI=1S/C24H24FN3O4.C23H21FN4O2.C14H14N2O3.C10H12FNO2/c1-16-14-28(15-26-16)20-11-5-17(13-21(20)31-3)6-12-22(29)27-24(2,23(30)32-4)18-7-9-19(25)10-8-18;1-15-13-28(14-25-15)19-10-4-16(12-20(19)30-3)5-11-21-26-22(29)23(2,27-21)17-6-8-18(24)9-7-17;1-10-8-16(9-15-10)12-5-3-11(4-6-14(17)18)7-13(12)19-2;1-10(12,9(13)14-2)7-3-5-8(11)6-4-7/h5-15H,1-4H3,(H,27,29);4-14H,1-3H3,(H,26,27,29);3-9H,1-2H3,(H,17,18);3-6H,12H2,1-2H3/b12-6+;11-5+;6-4+;. The number of carbonyl (C=O) groups excluding carboxylic acids is 4. The Kier molecular flexibility index (Phi) is 23.5. The number of nitrogens with zero attached hydrogens (tertiary/aromatic N) is 7. The van der Waals surface area contributed by atoms with Crippen LogP contribution in [0.3, 0.4) is 0 Å². The molecule has 4 heterocycles. The number of aliphatic imine (C=N–C) groups is 1. The first-order valence-corrected chi connectivity index (χ1v) is 29.1. The van der Waals surface area contributed by atoms with E-state index in [9.17, 15) is 37.1 Å². The summed E-state index contributed by atoms with van der Waals surface area (Å²) in [6.45, 7) is 10.5. The van der Waals surface area contributed by atoms with Gasteiger partial charge in [0.15, 0.2) is 11.1 Å². The number of imidazole rings is 3. The molecular formula is C71H71F3N10O11. The second-order valence-corrected chi connectivity index (χ2v) is 21.7. The lowest BCUT2D eigenvalue weighted by molar-refractivity contribution is -0.150. The maximum absolute atomic E-state index is 13.3. The van der Waals surface area contributed by atoms with Gasteiger partial charge in [0.25, 0.3) is 5.91 Å². The molecule has 6 aromatic carbocycles. The number of nitrogens with two attached hydrogens (primary N) is 1. The fraction of sp³-hybridized carbons (Fsp3) is 0.197. The molecule has 10 rings (SSSR count). The topological polar surface area (TPSA) is 268 Å². The van der Waals surface area contributed by atoms with Crippen LogP contribution in [0.1, 0.15) is 71.2 Å².